The highest BCUT2D eigenvalue weighted by molar-refractivity contribution is 5.81. The number of carbonyl (C=O) groups excluding carboxylic acids is 1. The molecule has 0 aliphatic carbocycles. The first-order valence-electron chi connectivity index (χ1n) is 9.24. The van der Waals surface area contributed by atoms with Crippen LogP contribution in [-0.4, -0.2) is 65.3 Å². The molecular weight excluding hydrogens is 320 g/mol. The summed E-state index contributed by atoms with van der Waals surface area (Å²) in [7, 11) is 1.92. The summed E-state index contributed by atoms with van der Waals surface area (Å²) in [6.07, 6.45) is 3.07. The Morgan fingerprint density at radius 3 is 2.80 bits per heavy atom. The summed E-state index contributed by atoms with van der Waals surface area (Å²) >= 11 is 0. The van der Waals surface area contributed by atoms with Crippen molar-refractivity contribution in [2.45, 2.75) is 58.5 Å². The van der Waals surface area contributed by atoms with Gasteiger partial charge in [0.2, 0.25) is 17.7 Å². The van der Waals surface area contributed by atoms with Crippen LogP contribution in [0.25, 0.3) is 0 Å². The summed E-state index contributed by atoms with van der Waals surface area (Å²) in [6.45, 7) is 9.85. The number of hydrogen-bond donors (Lipinski definition) is 0. The molecule has 7 heteroatoms. The fourth-order valence-electron chi connectivity index (χ4n) is 3.60. The van der Waals surface area contributed by atoms with E-state index in [0.29, 0.717) is 24.9 Å². The van der Waals surface area contributed by atoms with E-state index in [1.54, 1.807) is 0 Å². The van der Waals surface area contributed by atoms with Crippen LogP contribution in [0.3, 0.4) is 0 Å². The Morgan fingerprint density at radius 2 is 2.12 bits per heavy atom. The molecule has 2 fully saturated rings. The molecule has 0 radical (unpaired) electrons. The van der Waals surface area contributed by atoms with Gasteiger partial charge < -0.3 is 14.1 Å². The van der Waals surface area contributed by atoms with Crippen molar-refractivity contribution in [3.63, 3.8) is 0 Å². The van der Waals surface area contributed by atoms with Gasteiger partial charge in [0.15, 0.2) is 0 Å². The maximum absolute atomic E-state index is 12.5. The van der Waals surface area contributed by atoms with Crippen LogP contribution < -0.4 is 0 Å². The number of rotatable bonds is 4. The Balaban J connectivity index is 1.57. The van der Waals surface area contributed by atoms with E-state index < -0.39 is 0 Å². The lowest BCUT2D eigenvalue weighted by atomic mass is 9.93. The minimum Gasteiger partial charge on any atom is -0.423 e. The Bertz CT molecular complexity index is 589. The molecule has 2 atom stereocenters. The van der Waals surface area contributed by atoms with E-state index in [9.17, 15) is 4.79 Å². The molecule has 2 aliphatic heterocycles. The summed E-state index contributed by atoms with van der Waals surface area (Å²) in [4.78, 5) is 16.8. The third-order valence-corrected chi connectivity index (χ3v) is 5.11. The SMILES string of the molecule is CN(C(=O)C(C)(C)C)C1CCCN(Cc2nnc(C3CCOC3)o2)C1. The van der Waals surface area contributed by atoms with Gasteiger partial charge in [-0.15, -0.1) is 10.2 Å². The third kappa shape index (κ3) is 4.39. The van der Waals surface area contributed by atoms with E-state index in [-0.39, 0.29) is 23.3 Å². The van der Waals surface area contributed by atoms with Crippen molar-refractivity contribution in [1.82, 2.24) is 20.0 Å². The molecule has 140 valence electrons. The first-order valence-corrected chi connectivity index (χ1v) is 9.24. The molecule has 2 aliphatic rings. The fraction of sp³-hybridized carbons (Fsp3) is 0.833. The van der Waals surface area contributed by atoms with Gasteiger partial charge in [-0.25, -0.2) is 0 Å². The second-order valence-electron chi connectivity index (χ2n) is 8.29. The molecule has 1 amide bonds. The fourth-order valence-corrected chi connectivity index (χ4v) is 3.60. The molecule has 2 unspecified atom stereocenters. The number of hydrogen-bond acceptors (Lipinski definition) is 6. The van der Waals surface area contributed by atoms with Gasteiger partial charge in [0.25, 0.3) is 0 Å². The predicted molar refractivity (Wildman–Crippen MR) is 93.0 cm³/mol. The zero-order valence-electron chi connectivity index (χ0n) is 15.8. The molecule has 2 saturated heterocycles. The van der Waals surface area contributed by atoms with Crippen LogP contribution in [0, 0.1) is 5.41 Å². The minimum atomic E-state index is -0.345. The maximum Gasteiger partial charge on any atom is 0.230 e. The largest absolute Gasteiger partial charge is 0.423 e. The molecule has 0 saturated carbocycles. The molecule has 1 aromatic rings. The van der Waals surface area contributed by atoms with Gasteiger partial charge in [0.1, 0.15) is 0 Å². The van der Waals surface area contributed by atoms with Gasteiger partial charge in [-0.3, -0.25) is 9.69 Å². The van der Waals surface area contributed by atoms with Crippen LogP contribution in [-0.2, 0) is 16.1 Å². The van der Waals surface area contributed by atoms with Crippen LogP contribution in [0.4, 0.5) is 0 Å². The van der Waals surface area contributed by atoms with Crippen molar-refractivity contribution in [2.75, 3.05) is 33.4 Å². The van der Waals surface area contributed by atoms with Crippen LogP contribution in [0.15, 0.2) is 4.42 Å². The van der Waals surface area contributed by atoms with Crippen molar-refractivity contribution in [3.8, 4) is 0 Å². The van der Waals surface area contributed by atoms with Crippen molar-refractivity contribution >= 4 is 5.91 Å². The van der Waals surface area contributed by atoms with Crippen LogP contribution in [0.5, 0.6) is 0 Å². The Morgan fingerprint density at radius 1 is 1.32 bits per heavy atom. The summed E-state index contributed by atoms with van der Waals surface area (Å²) in [5.74, 6) is 1.79. The highest BCUT2D eigenvalue weighted by atomic mass is 16.5. The summed E-state index contributed by atoms with van der Waals surface area (Å²) in [5, 5.41) is 8.40. The zero-order chi connectivity index (χ0) is 18.0. The second kappa shape index (κ2) is 7.41. The highest BCUT2D eigenvalue weighted by Crippen LogP contribution is 2.25. The quantitative estimate of drug-likeness (QED) is 0.827. The average Bonchev–Trinajstić information content (AvgIpc) is 3.24. The van der Waals surface area contributed by atoms with Crippen molar-refractivity contribution in [3.05, 3.63) is 11.8 Å². The topological polar surface area (TPSA) is 71.7 Å². The van der Waals surface area contributed by atoms with Crippen molar-refractivity contribution in [1.29, 1.82) is 0 Å². The maximum atomic E-state index is 12.5. The van der Waals surface area contributed by atoms with Gasteiger partial charge in [0.05, 0.1) is 19.1 Å². The second-order valence-corrected chi connectivity index (χ2v) is 8.29. The summed E-state index contributed by atoms with van der Waals surface area (Å²) in [5.41, 5.74) is -0.345. The summed E-state index contributed by atoms with van der Waals surface area (Å²) in [6, 6.07) is 0.242. The average molecular weight is 350 g/mol. The number of piperidine rings is 1. The lowest BCUT2D eigenvalue weighted by Crippen LogP contribution is -2.50. The Kier molecular flexibility index (Phi) is 5.43. The van der Waals surface area contributed by atoms with E-state index in [2.05, 4.69) is 15.1 Å². The van der Waals surface area contributed by atoms with Gasteiger partial charge in [-0.2, -0.15) is 0 Å². The standard InChI is InChI=1S/C18H30N4O3/c1-18(2,3)17(23)21(4)14-6-5-8-22(10-14)11-15-19-20-16(25-15)13-7-9-24-12-13/h13-14H,5-12H2,1-4H3. The van der Waals surface area contributed by atoms with Crippen LogP contribution in [0.1, 0.15) is 57.7 Å². The van der Waals surface area contributed by atoms with Crippen molar-refractivity contribution in [2.24, 2.45) is 5.41 Å². The number of likely N-dealkylation sites (N-methyl/N-ethyl adjacent to an activating group) is 1. The number of aromatic nitrogens is 2. The first kappa shape index (κ1) is 18.3. The number of carbonyl (C=O) groups is 1. The van der Waals surface area contributed by atoms with E-state index in [1.807, 2.05) is 32.7 Å². The highest BCUT2D eigenvalue weighted by Gasteiger charge is 2.32. The zero-order valence-corrected chi connectivity index (χ0v) is 15.8. The lowest BCUT2D eigenvalue weighted by molar-refractivity contribution is -0.141. The monoisotopic (exact) mass is 350 g/mol. The molecule has 1 aromatic heterocycles. The Labute approximate surface area is 149 Å². The van der Waals surface area contributed by atoms with Crippen molar-refractivity contribution < 1.29 is 13.9 Å². The third-order valence-electron chi connectivity index (χ3n) is 5.11. The van der Waals surface area contributed by atoms with Gasteiger partial charge >= 0.3 is 0 Å². The number of amides is 1. The number of ether oxygens (including phenoxy) is 1. The molecular formula is C18H30N4O3. The van der Waals surface area contributed by atoms with E-state index in [4.69, 9.17) is 9.15 Å². The van der Waals surface area contributed by atoms with Gasteiger partial charge in [-0.1, -0.05) is 20.8 Å². The molecule has 25 heavy (non-hydrogen) atoms. The summed E-state index contributed by atoms with van der Waals surface area (Å²) < 4.78 is 11.2. The van der Waals surface area contributed by atoms with Gasteiger partial charge in [0, 0.05) is 31.7 Å². The smallest absolute Gasteiger partial charge is 0.230 e. The molecule has 0 spiro atoms. The lowest BCUT2D eigenvalue weighted by Gasteiger charge is -2.39. The number of likely N-dealkylation sites (tertiary alicyclic amines) is 1. The van der Waals surface area contributed by atoms with E-state index >= 15 is 0 Å². The molecule has 7 nitrogen and oxygen atoms in total. The van der Waals surface area contributed by atoms with Crippen LogP contribution in [0.2, 0.25) is 0 Å². The predicted octanol–water partition coefficient (Wildman–Crippen LogP) is 2.04. The van der Waals surface area contributed by atoms with E-state index in [1.165, 1.54) is 0 Å². The first-order chi connectivity index (χ1) is 11.8. The normalized spacial score (nSPS) is 25.3. The molecule has 0 bridgehead atoms. The van der Waals surface area contributed by atoms with Crippen LogP contribution >= 0.6 is 0 Å². The molecule has 0 aromatic carbocycles. The molecule has 3 heterocycles. The van der Waals surface area contributed by atoms with Gasteiger partial charge in [-0.05, 0) is 25.8 Å². The number of nitrogens with zero attached hydrogens (tertiary/aromatic N) is 4. The minimum absolute atomic E-state index is 0.195. The Hall–Kier alpha value is -1.47. The molecule has 3 rings (SSSR count). The van der Waals surface area contributed by atoms with E-state index in [0.717, 1.165) is 39.0 Å². The molecule has 0 N–H and O–H groups in total.